The van der Waals surface area contributed by atoms with Crippen molar-refractivity contribution < 1.29 is 4.74 Å². The van der Waals surface area contributed by atoms with Crippen LogP contribution in [0.3, 0.4) is 0 Å². The molecule has 5 heteroatoms. The van der Waals surface area contributed by atoms with Crippen LogP contribution in [0.15, 0.2) is 30.6 Å². The summed E-state index contributed by atoms with van der Waals surface area (Å²) in [5.74, 6) is 2.61. The van der Waals surface area contributed by atoms with Gasteiger partial charge in [-0.05, 0) is 31.0 Å². The van der Waals surface area contributed by atoms with Gasteiger partial charge in [0.2, 0.25) is 0 Å². The molecule has 0 fully saturated rings. The minimum atomic E-state index is 0.827. The molecule has 0 aliphatic carbocycles. The highest BCUT2D eigenvalue weighted by Crippen LogP contribution is 2.17. The van der Waals surface area contributed by atoms with Gasteiger partial charge in [0.15, 0.2) is 0 Å². The van der Waals surface area contributed by atoms with Crippen molar-refractivity contribution in [3.63, 3.8) is 0 Å². The minimum absolute atomic E-state index is 0.827. The van der Waals surface area contributed by atoms with Crippen molar-refractivity contribution in [1.82, 2.24) is 9.97 Å². The molecule has 0 radical (unpaired) electrons. The van der Waals surface area contributed by atoms with E-state index in [1.807, 2.05) is 26.1 Å². The third-order valence-corrected chi connectivity index (χ3v) is 3.19. The van der Waals surface area contributed by atoms with Crippen LogP contribution in [0.1, 0.15) is 11.1 Å². The van der Waals surface area contributed by atoms with Crippen LogP contribution in [0, 0.1) is 6.92 Å². The fourth-order valence-electron chi connectivity index (χ4n) is 2.00. The summed E-state index contributed by atoms with van der Waals surface area (Å²) in [5, 5.41) is 6.39. The number of nitrogens with zero attached hydrogens (tertiary/aromatic N) is 2. The number of anilines is 2. The zero-order valence-corrected chi connectivity index (χ0v) is 12.1. The summed E-state index contributed by atoms with van der Waals surface area (Å²) >= 11 is 0. The summed E-state index contributed by atoms with van der Waals surface area (Å²) in [6.07, 6.45) is 2.50. The van der Waals surface area contributed by atoms with Crippen LogP contribution in [-0.4, -0.2) is 30.7 Å². The van der Waals surface area contributed by atoms with Crippen LogP contribution in [0.25, 0.3) is 0 Å². The van der Waals surface area contributed by atoms with Gasteiger partial charge in [-0.1, -0.05) is 12.1 Å². The average Bonchev–Trinajstić information content (AvgIpc) is 2.49. The van der Waals surface area contributed by atoms with Gasteiger partial charge >= 0.3 is 0 Å². The van der Waals surface area contributed by atoms with Crippen molar-refractivity contribution in [1.29, 1.82) is 0 Å². The zero-order chi connectivity index (χ0) is 14.4. The van der Waals surface area contributed by atoms with Crippen LogP contribution >= 0.6 is 0 Å². The number of hydrogen-bond acceptors (Lipinski definition) is 5. The first-order valence-corrected chi connectivity index (χ1v) is 6.60. The molecule has 0 saturated carbocycles. The number of ether oxygens (including phenoxy) is 1. The average molecular weight is 272 g/mol. The van der Waals surface area contributed by atoms with Crippen LogP contribution in [0.5, 0.6) is 5.75 Å². The predicted octanol–water partition coefficient (Wildman–Crippen LogP) is 2.49. The van der Waals surface area contributed by atoms with Gasteiger partial charge in [0.1, 0.15) is 23.7 Å². The maximum atomic E-state index is 5.14. The SMILES string of the molecule is CNc1ncnc(NCCc2ccc(OC)cc2)c1C. The fourth-order valence-corrected chi connectivity index (χ4v) is 2.00. The summed E-state index contributed by atoms with van der Waals surface area (Å²) in [6.45, 7) is 2.83. The Labute approximate surface area is 119 Å². The van der Waals surface area contributed by atoms with Gasteiger partial charge < -0.3 is 15.4 Å². The first-order chi connectivity index (χ1) is 9.74. The summed E-state index contributed by atoms with van der Waals surface area (Å²) in [7, 11) is 3.53. The Morgan fingerprint density at radius 3 is 2.45 bits per heavy atom. The van der Waals surface area contributed by atoms with Crippen LogP contribution in [-0.2, 0) is 6.42 Å². The molecule has 1 heterocycles. The number of hydrogen-bond donors (Lipinski definition) is 2. The molecule has 106 valence electrons. The molecule has 0 aliphatic heterocycles. The second-order valence-electron chi connectivity index (χ2n) is 4.47. The van der Waals surface area contributed by atoms with E-state index in [2.05, 4.69) is 32.7 Å². The fraction of sp³-hybridized carbons (Fsp3) is 0.333. The zero-order valence-electron chi connectivity index (χ0n) is 12.1. The predicted molar refractivity (Wildman–Crippen MR) is 81.5 cm³/mol. The molecule has 2 aromatic rings. The highest BCUT2D eigenvalue weighted by atomic mass is 16.5. The second-order valence-corrected chi connectivity index (χ2v) is 4.47. The number of rotatable bonds is 6. The second kappa shape index (κ2) is 6.75. The maximum Gasteiger partial charge on any atom is 0.134 e. The minimum Gasteiger partial charge on any atom is -0.497 e. The molecular weight excluding hydrogens is 252 g/mol. The molecular formula is C15H20N4O. The molecule has 0 spiro atoms. The van der Waals surface area contributed by atoms with Crippen LogP contribution in [0.4, 0.5) is 11.6 Å². The van der Waals surface area contributed by atoms with Crippen molar-refractivity contribution in [2.24, 2.45) is 0 Å². The van der Waals surface area contributed by atoms with Crippen LogP contribution < -0.4 is 15.4 Å². The standard InChI is InChI=1S/C15H20N4O/c1-11-14(16-2)18-10-19-15(11)17-9-8-12-4-6-13(20-3)7-5-12/h4-7,10H,8-9H2,1-3H3,(H2,16,17,18,19). The molecule has 5 nitrogen and oxygen atoms in total. The normalized spacial score (nSPS) is 10.2. The lowest BCUT2D eigenvalue weighted by molar-refractivity contribution is 0.414. The number of aromatic nitrogens is 2. The molecule has 1 aromatic heterocycles. The molecule has 0 saturated heterocycles. The quantitative estimate of drug-likeness (QED) is 0.846. The molecule has 0 amide bonds. The Morgan fingerprint density at radius 2 is 1.80 bits per heavy atom. The maximum absolute atomic E-state index is 5.14. The number of benzene rings is 1. The van der Waals surface area contributed by atoms with E-state index in [0.717, 1.165) is 35.9 Å². The lowest BCUT2D eigenvalue weighted by Gasteiger charge is -2.11. The van der Waals surface area contributed by atoms with Crippen molar-refractivity contribution in [2.75, 3.05) is 31.3 Å². The van der Waals surface area contributed by atoms with Gasteiger partial charge in [-0.3, -0.25) is 0 Å². The lowest BCUT2D eigenvalue weighted by Crippen LogP contribution is -2.09. The van der Waals surface area contributed by atoms with Gasteiger partial charge in [0, 0.05) is 19.2 Å². The third kappa shape index (κ3) is 3.38. The molecule has 2 rings (SSSR count). The highest BCUT2D eigenvalue weighted by Gasteiger charge is 2.04. The summed E-state index contributed by atoms with van der Waals surface area (Å²) in [6, 6.07) is 8.10. The van der Waals surface area contributed by atoms with E-state index in [0.29, 0.717) is 0 Å². The Hall–Kier alpha value is -2.30. The van der Waals surface area contributed by atoms with E-state index in [1.54, 1.807) is 13.4 Å². The number of methoxy groups -OCH3 is 1. The molecule has 0 aliphatic rings. The van der Waals surface area contributed by atoms with Crippen molar-refractivity contribution in [2.45, 2.75) is 13.3 Å². The largest absolute Gasteiger partial charge is 0.497 e. The molecule has 0 atom stereocenters. The van der Waals surface area contributed by atoms with Gasteiger partial charge in [-0.25, -0.2) is 9.97 Å². The molecule has 1 aromatic carbocycles. The van der Waals surface area contributed by atoms with Gasteiger partial charge in [-0.15, -0.1) is 0 Å². The Morgan fingerprint density at radius 1 is 1.10 bits per heavy atom. The summed E-state index contributed by atoms with van der Waals surface area (Å²) in [4.78, 5) is 8.43. The van der Waals surface area contributed by atoms with E-state index >= 15 is 0 Å². The third-order valence-electron chi connectivity index (χ3n) is 3.19. The monoisotopic (exact) mass is 272 g/mol. The molecule has 0 bridgehead atoms. The Balaban J connectivity index is 1.92. The highest BCUT2D eigenvalue weighted by molar-refractivity contribution is 5.56. The van der Waals surface area contributed by atoms with Crippen molar-refractivity contribution in [3.05, 3.63) is 41.7 Å². The van der Waals surface area contributed by atoms with Crippen LogP contribution in [0.2, 0.25) is 0 Å². The van der Waals surface area contributed by atoms with Gasteiger partial charge in [-0.2, -0.15) is 0 Å². The van der Waals surface area contributed by atoms with E-state index in [4.69, 9.17) is 4.74 Å². The van der Waals surface area contributed by atoms with E-state index in [1.165, 1.54) is 5.56 Å². The smallest absolute Gasteiger partial charge is 0.134 e. The van der Waals surface area contributed by atoms with E-state index in [-0.39, 0.29) is 0 Å². The topological polar surface area (TPSA) is 59.1 Å². The Bertz CT molecular complexity index is 554. The summed E-state index contributed by atoms with van der Waals surface area (Å²) in [5.41, 5.74) is 2.29. The van der Waals surface area contributed by atoms with Gasteiger partial charge in [0.25, 0.3) is 0 Å². The van der Waals surface area contributed by atoms with Gasteiger partial charge in [0.05, 0.1) is 7.11 Å². The first kappa shape index (κ1) is 14.1. The van der Waals surface area contributed by atoms with E-state index < -0.39 is 0 Å². The van der Waals surface area contributed by atoms with Crippen molar-refractivity contribution in [3.8, 4) is 5.75 Å². The summed E-state index contributed by atoms with van der Waals surface area (Å²) < 4.78 is 5.14. The van der Waals surface area contributed by atoms with Crippen molar-refractivity contribution >= 4 is 11.6 Å². The Kier molecular flexibility index (Phi) is 4.76. The number of nitrogens with one attached hydrogen (secondary N) is 2. The van der Waals surface area contributed by atoms with E-state index in [9.17, 15) is 0 Å². The molecule has 20 heavy (non-hydrogen) atoms. The first-order valence-electron chi connectivity index (χ1n) is 6.60. The molecule has 0 unspecified atom stereocenters. The lowest BCUT2D eigenvalue weighted by atomic mass is 10.1. The molecule has 2 N–H and O–H groups in total.